The molecule has 1 aromatic carbocycles. The summed E-state index contributed by atoms with van der Waals surface area (Å²) in [6.45, 7) is 1.06. The van der Waals surface area contributed by atoms with E-state index >= 15 is 0 Å². The van der Waals surface area contributed by atoms with Crippen molar-refractivity contribution >= 4 is 26.0 Å². The molecule has 18 heavy (non-hydrogen) atoms. The SMILES string of the molecule is CC(CO)N(C)S(=O)(=O)c1ccc(F)c(Br)c1F. The zero-order valence-corrected chi connectivity index (χ0v) is 12.1. The summed E-state index contributed by atoms with van der Waals surface area (Å²) in [7, 11) is -2.90. The van der Waals surface area contributed by atoms with Crippen molar-refractivity contribution in [2.45, 2.75) is 17.9 Å². The van der Waals surface area contributed by atoms with E-state index in [9.17, 15) is 17.2 Å². The summed E-state index contributed by atoms with van der Waals surface area (Å²) >= 11 is 2.64. The summed E-state index contributed by atoms with van der Waals surface area (Å²) in [5.41, 5.74) is 0. The van der Waals surface area contributed by atoms with Gasteiger partial charge in [-0.25, -0.2) is 17.2 Å². The molecule has 8 heteroatoms. The highest BCUT2D eigenvalue weighted by Crippen LogP contribution is 2.27. The van der Waals surface area contributed by atoms with Crippen molar-refractivity contribution in [3.8, 4) is 0 Å². The highest BCUT2D eigenvalue weighted by Gasteiger charge is 2.29. The van der Waals surface area contributed by atoms with Crippen molar-refractivity contribution < 1.29 is 22.3 Å². The zero-order chi connectivity index (χ0) is 14.1. The zero-order valence-electron chi connectivity index (χ0n) is 9.69. The van der Waals surface area contributed by atoms with Crippen molar-refractivity contribution in [1.29, 1.82) is 0 Å². The molecular weight excluding hydrogens is 332 g/mol. The average molecular weight is 344 g/mol. The Kier molecular flexibility index (Phi) is 4.82. The highest BCUT2D eigenvalue weighted by atomic mass is 79.9. The van der Waals surface area contributed by atoms with Crippen LogP contribution in [0.3, 0.4) is 0 Å². The fourth-order valence-electron chi connectivity index (χ4n) is 1.21. The number of likely N-dealkylation sites (N-methyl/N-ethyl adjacent to an activating group) is 1. The average Bonchev–Trinajstić information content (AvgIpc) is 2.33. The Morgan fingerprint density at radius 3 is 2.50 bits per heavy atom. The molecule has 0 aromatic heterocycles. The van der Waals surface area contributed by atoms with Gasteiger partial charge in [-0.2, -0.15) is 4.31 Å². The molecule has 0 aliphatic carbocycles. The van der Waals surface area contributed by atoms with Gasteiger partial charge >= 0.3 is 0 Å². The van der Waals surface area contributed by atoms with Crippen molar-refractivity contribution in [1.82, 2.24) is 4.31 Å². The van der Waals surface area contributed by atoms with Crippen LogP contribution in [0.1, 0.15) is 6.92 Å². The quantitative estimate of drug-likeness (QED) is 0.847. The fraction of sp³-hybridized carbons (Fsp3) is 0.400. The molecule has 0 aliphatic rings. The largest absolute Gasteiger partial charge is 0.395 e. The van der Waals surface area contributed by atoms with Crippen LogP contribution >= 0.6 is 15.9 Å². The van der Waals surface area contributed by atoms with E-state index in [1.165, 1.54) is 14.0 Å². The van der Waals surface area contributed by atoms with Gasteiger partial charge in [0.15, 0.2) is 5.82 Å². The molecule has 0 spiro atoms. The van der Waals surface area contributed by atoms with Gasteiger partial charge in [-0.1, -0.05) is 0 Å². The number of hydrogen-bond donors (Lipinski definition) is 1. The first kappa shape index (κ1) is 15.5. The molecule has 0 bridgehead atoms. The van der Waals surface area contributed by atoms with Crippen molar-refractivity contribution in [2.75, 3.05) is 13.7 Å². The Morgan fingerprint density at radius 2 is 2.00 bits per heavy atom. The maximum absolute atomic E-state index is 13.7. The van der Waals surface area contributed by atoms with E-state index in [0.717, 1.165) is 16.4 Å². The third-order valence-corrected chi connectivity index (χ3v) is 5.26. The Balaban J connectivity index is 3.34. The lowest BCUT2D eigenvalue weighted by Gasteiger charge is -2.22. The van der Waals surface area contributed by atoms with Gasteiger partial charge in [0.2, 0.25) is 10.0 Å². The third-order valence-electron chi connectivity index (χ3n) is 2.54. The smallest absolute Gasteiger partial charge is 0.246 e. The van der Waals surface area contributed by atoms with Gasteiger partial charge in [0, 0.05) is 13.1 Å². The van der Waals surface area contributed by atoms with Crippen LogP contribution in [0.25, 0.3) is 0 Å². The highest BCUT2D eigenvalue weighted by molar-refractivity contribution is 9.10. The maximum atomic E-state index is 13.7. The van der Waals surface area contributed by atoms with Crippen LogP contribution in [0.2, 0.25) is 0 Å². The summed E-state index contributed by atoms with van der Waals surface area (Å²) in [4.78, 5) is -0.640. The minimum absolute atomic E-state index is 0.403. The van der Waals surface area contributed by atoms with E-state index in [1.54, 1.807) is 0 Å². The molecule has 4 nitrogen and oxygen atoms in total. The normalized spacial score (nSPS) is 13.9. The van der Waals surface area contributed by atoms with Crippen molar-refractivity contribution in [2.24, 2.45) is 0 Å². The van der Waals surface area contributed by atoms with E-state index in [-0.39, 0.29) is 0 Å². The predicted octanol–water partition coefficient (Wildman–Crippen LogP) is 1.73. The second kappa shape index (κ2) is 5.60. The van der Waals surface area contributed by atoms with Crippen LogP contribution in [0.15, 0.2) is 21.5 Å². The number of aliphatic hydroxyl groups excluding tert-OH is 1. The van der Waals surface area contributed by atoms with Crippen LogP contribution in [0.4, 0.5) is 8.78 Å². The third kappa shape index (κ3) is 2.71. The molecule has 0 amide bonds. The molecule has 1 rings (SSSR count). The topological polar surface area (TPSA) is 57.6 Å². The molecule has 1 atom stereocenters. The van der Waals surface area contributed by atoms with E-state index in [1.807, 2.05) is 0 Å². The van der Waals surface area contributed by atoms with Gasteiger partial charge in [-0.15, -0.1) is 0 Å². The first-order valence-electron chi connectivity index (χ1n) is 4.95. The van der Waals surface area contributed by atoms with Crippen molar-refractivity contribution in [3.63, 3.8) is 0 Å². The van der Waals surface area contributed by atoms with E-state index < -0.39 is 43.7 Å². The second-order valence-corrected chi connectivity index (χ2v) is 6.49. The number of sulfonamides is 1. The molecule has 0 radical (unpaired) electrons. The van der Waals surface area contributed by atoms with Crippen LogP contribution < -0.4 is 0 Å². The molecule has 1 N–H and O–H groups in total. The van der Waals surface area contributed by atoms with Gasteiger partial charge in [0.25, 0.3) is 0 Å². The minimum Gasteiger partial charge on any atom is -0.395 e. The molecule has 0 aliphatic heterocycles. The standard InChI is InChI=1S/C10H12BrF2NO3S/c1-6(5-15)14(2)18(16,17)8-4-3-7(12)9(11)10(8)13/h3-4,6,15H,5H2,1-2H3. The van der Waals surface area contributed by atoms with Gasteiger partial charge in [-0.3, -0.25) is 0 Å². The second-order valence-electron chi connectivity index (χ2n) is 3.73. The lowest BCUT2D eigenvalue weighted by atomic mass is 10.3. The van der Waals surface area contributed by atoms with E-state index in [0.29, 0.717) is 0 Å². The minimum atomic E-state index is -4.12. The summed E-state index contributed by atoms with van der Waals surface area (Å²) in [5.74, 6) is -2.07. The molecule has 102 valence electrons. The molecule has 1 aromatic rings. The monoisotopic (exact) mass is 343 g/mol. The summed E-state index contributed by atoms with van der Waals surface area (Å²) < 4.78 is 51.2. The van der Waals surface area contributed by atoms with Crippen molar-refractivity contribution in [3.05, 3.63) is 28.2 Å². The molecule has 0 fully saturated rings. The summed E-state index contributed by atoms with van der Waals surface area (Å²) in [6.07, 6.45) is 0. The van der Waals surface area contributed by atoms with Gasteiger partial charge in [0.1, 0.15) is 10.7 Å². The number of rotatable bonds is 4. The maximum Gasteiger partial charge on any atom is 0.246 e. The Bertz CT molecular complexity index is 550. The first-order chi connectivity index (χ1) is 8.23. The Hall–Kier alpha value is -0.570. The van der Waals surface area contributed by atoms with Gasteiger partial charge < -0.3 is 5.11 Å². The summed E-state index contributed by atoms with van der Waals surface area (Å²) in [5, 5.41) is 8.91. The number of hydrogen-bond acceptors (Lipinski definition) is 3. The Labute approximate surface area is 112 Å². The number of nitrogens with zero attached hydrogens (tertiary/aromatic N) is 1. The van der Waals surface area contributed by atoms with Crippen LogP contribution in [-0.2, 0) is 10.0 Å². The predicted molar refractivity (Wildman–Crippen MR) is 65.6 cm³/mol. The molecule has 0 saturated heterocycles. The number of aliphatic hydroxyl groups is 1. The first-order valence-corrected chi connectivity index (χ1v) is 7.19. The molecule has 1 unspecified atom stereocenters. The molecule has 0 heterocycles. The number of halogens is 3. The van der Waals surface area contributed by atoms with Crippen LogP contribution in [0, 0.1) is 11.6 Å². The van der Waals surface area contributed by atoms with Gasteiger partial charge in [0.05, 0.1) is 11.1 Å². The van der Waals surface area contributed by atoms with Gasteiger partial charge in [-0.05, 0) is 35.0 Å². The Morgan fingerprint density at radius 1 is 1.44 bits per heavy atom. The summed E-state index contributed by atoms with van der Waals surface area (Å²) in [6, 6.07) is 1.00. The lowest BCUT2D eigenvalue weighted by Crippen LogP contribution is -2.37. The van der Waals surface area contributed by atoms with E-state index in [2.05, 4.69) is 15.9 Å². The van der Waals surface area contributed by atoms with Crippen LogP contribution in [-0.4, -0.2) is 37.5 Å². The molecule has 0 saturated carbocycles. The fourth-order valence-corrected chi connectivity index (χ4v) is 3.11. The van der Waals surface area contributed by atoms with Crippen LogP contribution in [0.5, 0.6) is 0 Å². The van der Waals surface area contributed by atoms with E-state index in [4.69, 9.17) is 5.11 Å². The lowest BCUT2D eigenvalue weighted by molar-refractivity contribution is 0.213. The molecular formula is C10H12BrF2NO3S. The number of benzene rings is 1.